The maximum atomic E-state index is 13.8. The maximum Gasteiger partial charge on any atom is 0.426 e. The first kappa shape index (κ1) is 47.2. The van der Waals surface area contributed by atoms with Gasteiger partial charge in [-0.25, -0.2) is 30.0 Å². The molecule has 1 aromatic heterocycles. The number of rotatable bonds is 19. The Balaban J connectivity index is 2.07. The van der Waals surface area contributed by atoms with Crippen molar-refractivity contribution in [3.63, 3.8) is 0 Å². The van der Waals surface area contributed by atoms with E-state index >= 15 is 0 Å². The van der Waals surface area contributed by atoms with Crippen LogP contribution in [0.3, 0.4) is 0 Å². The van der Waals surface area contributed by atoms with Gasteiger partial charge in [-0.1, -0.05) is 78.3 Å². The van der Waals surface area contributed by atoms with E-state index in [4.69, 9.17) is 10.5 Å². The first-order valence-corrected chi connectivity index (χ1v) is 19.4. The number of nitrogens with two attached hydrogens (primary N) is 1. The number of aliphatic hydroxyl groups excluding tert-OH is 1. The lowest BCUT2D eigenvalue weighted by molar-refractivity contribution is -0.134. The fraction of sp³-hybridized carbons (Fsp3) is 0.625. The van der Waals surface area contributed by atoms with E-state index in [1.165, 1.54) is 0 Å². The molecule has 0 spiro atoms. The highest BCUT2D eigenvalue weighted by Gasteiger charge is 2.34. The third-order valence-corrected chi connectivity index (χ3v) is 9.12. The summed E-state index contributed by atoms with van der Waals surface area (Å²) in [6.07, 6.45) is 0.637. The van der Waals surface area contributed by atoms with Gasteiger partial charge in [0.15, 0.2) is 0 Å². The first-order chi connectivity index (χ1) is 26.2. The Morgan fingerprint density at radius 3 is 2.18 bits per heavy atom. The van der Waals surface area contributed by atoms with Crippen LogP contribution in [0.2, 0.25) is 0 Å². The Bertz CT molecular complexity index is 1580. The van der Waals surface area contributed by atoms with Gasteiger partial charge in [-0.2, -0.15) is 0 Å². The van der Waals surface area contributed by atoms with Gasteiger partial charge in [0.05, 0.1) is 18.7 Å². The van der Waals surface area contributed by atoms with Crippen molar-refractivity contribution in [2.75, 3.05) is 12.3 Å². The predicted molar refractivity (Wildman–Crippen MR) is 214 cm³/mol. The summed E-state index contributed by atoms with van der Waals surface area (Å²) in [6, 6.07) is 6.89. The van der Waals surface area contributed by atoms with Crippen molar-refractivity contribution in [3.05, 3.63) is 53.5 Å². The summed E-state index contributed by atoms with van der Waals surface area (Å²) in [5, 5.41) is 23.9. The smallest absolute Gasteiger partial charge is 0.426 e. The summed E-state index contributed by atoms with van der Waals surface area (Å²) in [5.74, 6) is -1.37. The van der Waals surface area contributed by atoms with Gasteiger partial charge in [0.1, 0.15) is 23.3 Å². The molecule has 0 saturated heterocycles. The molecule has 2 aromatic rings. The van der Waals surface area contributed by atoms with Crippen molar-refractivity contribution >= 4 is 35.7 Å². The van der Waals surface area contributed by atoms with E-state index in [9.17, 15) is 29.1 Å². The Morgan fingerprint density at radius 2 is 1.61 bits per heavy atom. The predicted octanol–water partition coefficient (Wildman–Crippen LogP) is 4.11. The van der Waals surface area contributed by atoms with Crippen LogP contribution in [0.4, 0.5) is 15.4 Å². The summed E-state index contributed by atoms with van der Waals surface area (Å²) in [4.78, 5) is 74.3. The Kier molecular flexibility index (Phi) is 19.0. The minimum absolute atomic E-state index is 0.0365. The molecule has 1 heterocycles. The lowest BCUT2D eigenvalue weighted by Crippen LogP contribution is -2.53. The highest BCUT2D eigenvalue weighted by atomic mass is 16.6. The summed E-state index contributed by atoms with van der Waals surface area (Å²) in [6.45, 7) is 18.4. The number of aromatic nitrogens is 2. The molecule has 0 aliphatic heterocycles. The van der Waals surface area contributed by atoms with E-state index in [1.807, 2.05) is 59.7 Å². The van der Waals surface area contributed by atoms with Crippen LogP contribution < -0.4 is 32.4 Å². The molecular formula is C40H65N9O7. The molecule has 0 fully saturated rings. The summed E-state index contributed by atoms with van der Waals surface area (Å²) in [7, 11) is 0. The third kappa shape index (κ3) is 16.8. The molecule has 16 heteroatoms. The number of anilines is 1. The van der Waals surface area contributed by atoms with Gasteiger partial charge in [0, 0.05) is 37.2 Å². The lowest BCUT2D eigenvalue weighted by Gasteiger charge is -2.31. The standard InChI is InChI=1S/C40H65N9O7/c1-11-26(6)34(37(53)44-22-29-21-43-27(7)45-35(29)41)47-36(52)30(25(4)5)20-32(50)31(19-24(2)3)46-33(51)17-18-42-38(54)49(23-28-15-13-12-14-16-28)48-39(55)56-40(8,9)10/h12-16,21,24-26,30-32,34,50H,11,17-20,22-23H2,1-10H3,(H,42,54)(H,44,53)(H,46,51)(H,47,52)(H,48,55)(H2,41,43,45)/t26-,30-,31-,32-,34-/m0/s1. The van der Waals surface area contributed by atoms with E-state index in [1.54, 1.807) is 46.0 Å². The number of aryl methyl sites for hydroxylation is 1. The molecule has 0 bridgehead atoms. The van der Waals surface area contributed by atoms with Crippen LogP contribution in [0.25, 0.3) is 0 Å². The SMILES string of the molecule is CC[C@H](C)[C@H](NC(=O)[C@@H](C[C@H](O)[C@H](CC(C)C)NC(=O)CCNC(=O)N(Cc1ccccc1)NC(=O)OC(C)(C)C)C(C)C)C(=O)NCc1cnc(C)nc1N. The molecule has 16 nitrogen and oxygen atoms in total. The molecule has 312 valence electrons. The van der Waals surface area contributed by atoms with Gasteiger partial charge in [0.2, 0.25) is 17.7 Å². The Morgan fingerprint density at radius 1 is 0.946 bits per heavy atom. The molecule has 0 saturated carbocycles. The summed E-state index contributed by atoms with van der Waals surface area (Å²) >= 11 is 0. The summed E-state index contributed by atoms with van der Waals surface area (Å²) < 4.78 is 5.32. The molecule has 5 atom stereocenters. The number of aliphatic hydroxyl groups is 1. The zero-order valence-electron chi connectivity index (χ0n) is 34.8. The lowest BCUT2D eigenvalue weighted by atomic mass is 9.85. The van der Waals surface area contributed by atoms with Gasteiger partial charge in [-0.15, -0.1) is 0 Å². The number of ether oxygens (including phenoxy) is 1. The van der Waals surface area contributed by atoms with Crippen molar-refractivity contribution in [1.82, 2.24) is 41.7 Å². The minimum atomic E-state index is -1.09. The van der Waals surface area contributed by atoms with Crippen molar-refractivity contribution in [3.8, 4) is 0 Å². The molecule has 8 N–H and O–H groups in total. The van der Waals surface area contributed by atoms with Crippen LogP contribution in [0, 0.1) is 30.6 Å². The van der Waals surface area contributed by atoms with Crippen LogP contribution in [0.15, 0.2) is 36.5 Å². The van der Waals surface area contributed by atoms with E-state index in [-0.39, 0.29) is 67.9 Å². The van der Waals surface area contributed by atoms with Crippen LogP contribution in [0.1, 0.15) is 105 Å². The molecule has 1 aromatic carbocycles. The monoisotopic (exact) mass is 784 g/mol. The van der Waals surface area contributed by atoms with Gasteiger partial charge < -0.3 is 36.8 Å². The van der Waals surface area contributed by atoms with E-state index in [2.05, 4.69) is 36.7 Å². The highest BCUT2D eigenvalue weighted by Crippen LogP contribution is 2.23. The number of urea groups is 1. The number of carbonyl (C=O) groups is 5. The fourth-order valence-electron chi connectivity index (χ4n) is 5.83. The van der Waals surface area contributed by atoms with Gasteiger partial charge >= 0.3 is 12.1 Å². The summed E-state index contributed by atoms with van der Waals surface area (Å²) in [5.41, 5.74) is 9.00. The highest BCUT2D eigenvalue weighted by molar-refractivity contribution is 5.89. The molecule has 56 heavy (non-hydrogen) atoms. The quantitative estimate of drug-likeness (QED) is 0.101. The van der Waals surface area contributed by atoms with Gasteiger partial charge in [0.25, 0.3) is 0 Å². The number of hydrazine groups is 1. The van der Waals surface area contributed by atoms with Crippen molar-refractivity contribution in [1.29, 1.82) is 0 Å². The molecule has 0 aliphatic rings. The molecular weight excluding hydrogens is 718 g/mol. The van der Waals surface area contributed by atoms with E-state index < -0.39 is 47.7 Å². The van der Waals surface area contributed by atoms with Crippen LogP contribution in [-0.2, 0) is 32.2 Å². The number of hydrogen-bond acceptors (Lipinski definition) is 10. The van der Waals surface area contributed by atoms with Crippen LogP contribution in [-0.4, -0.2) is 80.3 Å². The van der Waals surface area contributed by atoms with E-state index in [0.717, 1.165) is 10.6 Å². The first-order valence-electron chi connectivity index (χ1n) is 19.4. The second kappa shape index (κ2) is 22.5. The Hall–Kier alpha value is -4.99. The molecule has 0 unspecified atom stereocenters. The normalized spacial score (nSPS) is 14.2. The average molecular weight is 784 g/mol. The van der Waals surface area contributed by atoms with Gasteiger partial charge in [-0.05, 0) is 63.9 Å². The number of benzene rings is 1. The maximum absolute atomic E-state index is 13.8. The number of nitrogens with one attached hydrogen (secondary N) is 5. The number of carbonyl (C=O) groups excluding carboxylic acids is 5. The van der Waals surface area contributed by atoms with Crippen LogP contribution >= 0.6 is 0 Å². The second-order valence-electron chi connectivity index (χ2n) is 16.0. The molecule has 2 rings (SSSR count). The second-order valence-corrected chi connectivity index (χ2v) is 16.0. The molecule has 0 aliphatic carbocycles. The zero-order chi connectivity index (χ0) is 42.2. The number of amides is 6. The fourth-order valence-corrected chi connectivity index (χ4v) is 5.83. The van der Waals surface area contributed by atoms with Crippen molar-refractivity contribution in [2.45, 2.75) is 132 Å². The van der Waals surface area contributed by atoms with Crippen LogP contribution in [0.5, 0.6) is 0 Å². The number of nitrogens with zero attached hydrogens (tertiary/aromatic N) is 3. The number of hydrogen-bond donors (Lipinski definition) is 7. The van der Waals surface area contributed by atoms with E-state index in [0.29, 0.717) is 24.2 Å². The number of nitrogen functional groups attached to an aromatic ring is 1. The average Bonchev–Trinajstić information content (AvgIpc) is 3.10. The largest absolute Gasteiger partial charge is 0.443 e. The van der Waals surface area contributed by atoms with Crippen molar-refractivity contribution in [2.24, 2.45) is 23.7 Å². The zero-order valence-corrected chi connectivity index (χ0v) is 34.8. The third-order valence-electron chi connectivity index (χ3n) is 9.12. The minimum Gasteiger partial charge on any atom is -0.443 e. The molecule has 6 amide bonds. The van der Waals surface area contributed by atoms with Crippen molar-refractivity contribution < 1.29 is 33.8 Å². The molecule has 0 radical (unpaired) electrons. The topological polar surface area (TPSA) is 230 Å². The Labute approximate surface area is 331 Å². The van der Waals surface area contributed by atoms with Gasteiger partial charge in [-0.3, -0.25) is 14.4 Å².